The number of amides is 2. The number of hydrogen-bond acceptors (Lipinski definition) is 4. The van der Waals surface area contributed by atoms with Gasteiger partial charge in [-0.1, -0.05) is 194 Å². The van der Waals surface area contributed by atoms with Crippen molar-refractivity contribution in [3.63, 3.8) is 0 Å². The topological polar surface area (TPSA) is 85.2 Å². The van der Waals surface area contributed by atoms with Crippen LogP contribution in [0.3, 0.4) is 0 Å². The van der Waals surface area contributed by atoms with Gasteiger partial charge in [0.2, 0.25) is 11.8 Å². The predicted molar refractivity (Wildman–Crippen MR) is 212 cm³/mol. The first-order valence-electron chi connectivity index (χ1n) is 21.8. The summed E-state index contributed by atoms with van der Waals surface area (Å²) in [6.45, 7) is 7.83. The normalized spacial score (nSPS) is 11.2. The van der Waals surface area contributed by atoms with Crippen LogP contribution in [0, 0.1) is 11.3 Å². The van der Waals surface area contributed by atoms with Gasteiger partial charge >= 0.3 is 0 Å². The lowest BCUT2D eigenvalue weighted by Crippen LogP contribution is -2.40. The molecule has 0 fully saturated rings. The monoisotopic (exact) mass is 689 g/mol. The van der Waals surface area contributed by atoms with E-state index in [0.717, 1.165) is 25.7 Å². The van der Waals surface area contributed by atoms with E-state index in [1.165, 1.54) is 167 Å². The van der Waals surface area contributed by atoms with Crippen molar-refractivity contribution in [3.8, 4) is 6.07 Å². The first-order valence-corrected chi connectivity index (χ1v) is 21.8. The fourth-order valence-corrected chi connectivity index (χ4v) is 6.74. The molecule has 0 saturated heterocycles. The maximum atomic E-state index is 12.3. The molecule has 0 aliphatic carbocycles. The Bertz CT molecular complexity index is 686. The Balaban J connectivity index is 3.65. The van der Waals surface area contributed by atoms with Crippen LogP contribution < -0.4 is 10.6 Å². The highest BCUT2D eigenvalue weighted by Gasteiger charge is 2.08. The van der Waals surface area contributed by atoms with Gasteiger partial charge in [-0.15, -0.1) is 0 Å². The van der Waals surface area contributed by atoms with Crippen LogP contribution >= 0.6 is 0 Å². The lowest BCUT2D eigenvalue weighted by Gasteiger charge is -2.21. The van der Waals surface area contributed by atoms with Crippen molar-refractivity contribution in [2.24, 2.45) is 0 Å². The molecule has 0 bridgehead atoms. The smallest absolute Gasteiger partial charge is 0.220 e. The van der Waals surface area contributed by atoms with Crippen LogP contribution in [-0.4, -0.2) is 49.4 Å². The second-order valence-electron chi connectivity index (χ2n) is 14.8. The van der Waals surface area contributed by atoms with Gasteiger partial charge in [-0.3, -0.25) is 14.5 Å². The summed E-state index contributed by atoms with van der Waals surface area (Å²) in [5, 5.41) is 15.2. The summed E-state index contributed by atoms with van der Waals surface area (Å²) < 4.78 is 0. The van der Waals surface area contributed by atoms with Crippen LogP contribution in [0.25, 0.3) is 0 Å². The van der Waals surface area contributed by atoms with Crippen LogP contribution in [0.1, 0.15) is 226 Å². The Morgan fingerprint density at radius 3 is 0.959 bits per heavy atom. The second kappa shape index (κ2) is 40.8. The van der Waals surface area contributed by atoms with Crippen molar-refractivity contribution in [2.75, 3.05) is 32.7 Å². The molecular formula is C43H84N4O2. The van der Waals surface area contributed by atoms with E-state index in [9.17, 15) is 9.59 Å². The zero-order valence-electron chi connectivity index (χ0n) is 33.1. The van der Waals surface area contributed by atoms with E-state index in [1.807, 2.05) is 0 Å². The molecule has 49 heavy (non-hydrogen) atoms. The average molecular weight is 689 g/mol. The van der Waals surface area contributed by atoms with E-state index in [1.54, 1.807) is 0 Å². The van der Waals surface area contributed by atoms with Crippen LogP contribution in [0.4, 0.5) is 0 Å². The standard InChI is InChI=1S/C43H84N4O2/c1-3-5-7-9-11-13-15-17-19-21-23-25-27-29-31-34-42(48)45-37-40-47(39-33-36-44)41-38-46-43(49)35-32-30-28-26-24-22-20-18-16-14-12-10-8-6-4-2/h3-35,37-41H2,1-2H3,(H,45,48)(H,46,49). The molecule has 0 unspecified atom stereocenters. The number of rotatable bonds is 40. The quantitative estimate of drug-likeness (QED) is 0.0627. The Kier molecular flexibility index (Phi) is 39.5. The number of nitrogens with zero attached hydrogens (tertiary/aromatic N) is 2. The van der Waals surface area contributed by atoms with Crippen molar-refractivity contribution in [1.29, 1.82) is 5.26 Å². The van der Waals surface area contributed by atoms with Gasteiger partial charge in [-0.2, -0.15) is 5.26 Å². The van der Waals surface area contributed by atoms with Crippen molar-refractivity contribution in [2.45, 2.75) is 226 Å². The summed E-state index contributed by atoms with van der Waals surface area (Å²) in [5.74, 6) is 0.262. The summed E-state index contributed by atoms with van der Waals surface area (Å²) in [4.78, 5) is 26.8. The minimum absolute atomic E-state index is 0.131. The molecule has 2 amide bonds. The number of nitriles is 1. The zero-order valence-corrected chi connectivity index (χ0v) is 33.1. The van der Waals surface area contributed by atoms with E-state index < -0.39 is 0 Å². The van der Waals surface area contributed by atoms with Gasteiger partial charge in [0, 0.05) is 52.0 Å². The highest BCUT2D eigenvalue weighted by Crippen LogP contribution is 2.15. The molecule has 0 aliphatic heterocycles. The van der Waals surface area contributed by atoms with Gasteiger partial charge in [-0.25, -0.2) is 0 Å². The molecule has 0 aromatic carbocycles. The summed E-state index contributed by atoms with van der Waals surface area (Å²) in [7, 11) is 0. The number of nitrogens with one attached hydrogen (secondary N) is 2. The highest BCUT2D eigenvalue weighted by molar-refractivity contribution is 5.76. The molecule has 0 aromatic heterocycles. The Hall–Kier alpha value is -1.61. The maximum Gasteiger partial charge on any atom is 0.220 e. The van der Waals surface area contributed by atoms with Crippen molar-refractivity contribution >= 4 is 11.8 Å². The van der Waals surface area contributed by atoms with Crippen LogP contribution in [-0.2, 0) is 9.59 Å². The fraction of sp³-hybridized carbons (Fsp3) is 0.930. The molecule has 0 saturated carbocycles. The molecule has 0 atom stereocenters. The predicted octanol–water partition coefficient (Wildman–Crippen LogP) is 12.0. The summed E-state index contributed by atoms with van der Waals surface area (Å²) in [5.41, 5.74) is 0. The molecule has 0 radical (unpaired) electrons. The lowest BCUT2D eigenvalue weighted by atomic mass is 10.0. The third-order valence-electron chi connectivity index (χ3n) is 10.1. The van der Waals surface area contributed by atoms with Crippen molar-refractivity contribution in [3.05, 3.63) is 0 Å². The maximum absolute atomic E-state index is 12.3. The second-order valence-corrected chi connectivity index (χ2v) is 14.8. The highest BCUT2D eigenvalue weighted by atomic mass is 16.2. The van der Waals surface area contributed by atoms with E-state index in [4.69, 9.17) is 5.26 Å². The van der Waals surface area contributed by atoms with Gasteiger partial charge in [0.25, 0.3) is 0 Å². The van der Waals surface area contributed by atoms with Crippen molar-refractivity contribution in [1.82, 2.24) is 15.5 Å². The molecule has 0 rings (SSSR count). The Morgan fingerprint density at radius 1 is 0.429 bits per heavy atom. The van der Waals surface area contributed by atoms with E-state index in [0.29, 0.717) is 52.0 Å². The molecule has 6 heteroatoms. The van der Waals surface area contributed by atoms with E-state index in [-0.39, 0.29) is 11.8 Å². The van der Waals surface area contributed by atoms with Crippen LogP contribution in [0.5, 0.6) is 0 Å². The molecule has 0 aliphatic rings. The van der Waals surface area contributed by atoms with Crippen LogP contribution in [0.15, 0.2) is 0 Å². The Morgan fingerprint density at radius 2 is 0.694 bits per heavy atom. The summed E-state index contributed by atoms with van der Waals surface area (Å²) >= 11 is 0. The van der Waals surface area contributed by atoms with E-state index in [2.05, 4.69) is 35.5 Å². The zero-order chi connectivity index (χ0) is 35.7. The first-order chi connectivity index (χ1) is 24.1. The number of unbranched alkanes of at least 4 members (excludes halogenated alkanes) is 28. The SMILES string of the molecule is CCCCCCCCCCCCCCCCCC(=O)NCCN(CCC#N)CCNC(=O)CCCCCCCCCCCCCCCCC. The number of carbonyl (C=O) groups excluding carboxylic acids is 2. The summed E-state index contributed by atoms with van der Waals surface area (Å²) in [6, 6.07) is 2.22. The third-order valence-corrected chi connectivity index (χ3v) is 10.1. The third kappa shape index (κ3) is 39.0. The number of hydrogen-bond donors (Lipinski definition) is 2. The van der Waals surface area contributed by atoms with Gasteiger partial charge in [-0.05, 0) is 12.8 Å². The molecular weight excluding hydrogens is 604 g/mol. The van der Waals surface area contributed by atoms with E-state index >= 15 is 0 Å². The Labute approximate surface area is 306 Å². The molecule has 0 spiro atoms. The molecule has 2 N–H and O–H groups in total. The van der Waals surface area contributed by atoms with Crippen molar-refractivity contribution < 1.29 is 9.59 Å². The van der Waals surface area contributed by atoms with Gasteiger partial charge in [0.05, 0.1) is 6.07 Å². The lowest BCUT2D eigenvalue weighted by molar-refractivity contribution is -0.121. The van der Waals surface area contributed by atoms with Crippen LogP contribution in [0.2, 0.25) is 0 Å². The molecule has 288 valence electrons. The fourth-order valence-electron chi connectivity index (χ4n) is 6.74. The molecule has 6 nitrogen and oxygen atoms in total. The first kappa shape index (κ1) is 47.4. The molecule has 0 heterocycles. The average Bonchev–Trinajstić information content (AvgIpc) is 3.10. The number of carbonyl (C=O) groups is 2. The van der Waals surface area contributed by atoms with Gasteiger partial charge in [0.15, 0.2) is 0 Å². The van der Waals surface area contributed by atoms with Gasteiger partial charge < -0.3 is 10.6 Å². The molecule has 0 aromatic rings. The minimum atomic E-state index is 0.131. The minimum Gasteiger partial charge on any atom is -0.355 e. The van der Waals surface area contributed by atoms with Gasteiger partial charge in [0.1, 0.15) is 0 Å². The largest absolute Gasteiger partial charge is 0.355 e. The summed E-state index contributed by atoms with van der Waals surface area (Å²) in [6.07, 6.45) is 41.5.